The van der Waals surface area contributed by atoms with Gasteiger partial charge in [-0.05, 0) is 12.5 Å². The molecule has 0 aliphatic heterocycles. The van der Waals surface area contributed by atoms with Crippen molar-refractivity contribution >= 4 is 34.8 Å². The molecule has 0 amide bonds. The number of rotatable bonds is 5. The molecule has 0 aliphatic rings. The van der Waals surface area contributed by atoms with Gasteiger partial charge >= 0.3 is 0 Å². The predicted molar refractivity (Wildman–Crippen MR) is 67.2 cm³/mol. The molecule has 0 fully saturated rings. The molecule has 15 heavy (non-hydrogen) atoms. The highest BCUT2D eigenvalue weighted by molar-refractivity contribution is 6.37. The van der Waals surface area contributed by atoms with Gasteiger partial charge in [0.05, 0.1) is 10.0 Å². The van der Waals surface area contributed by atoms with Crippen molar-refractivity contribution in [1.29, 1.82) is 0 Å². The minimum atomic E-state index is 0.531. The van der Waals surface area contributed by atoms with Crippen LogP contribution in [-0.2, 0) is 0 Å². The lowest BCUT2D eigenvalue weighted by atomic mass is 10.3. The third kappa shape index (κ3) is 3.43. The highest BCUT2D eigenvalue weighted by Crippen LogP contribution is 2.28. The van der Waals surface area contributed by atoms with Crippen molar-refractivity contribution in [2.24, 2.45) is 0 Å². The second-order valence-electron chi connectivity index (χ2n) is 3.18. The molecule has 0 radical (unpaired) electrons. The van der Waals surface area contributed by atoms with Gasteiger partial charge in [-0.25, -0.2) is 4.98 Å². The number of nitrogens with zero attached hydrogens (tertiary/aromatic N) is 1. The van der Waals surface area contributed by atoms with Crippen molar-refractivity contribution in [3.05, 3.63) is 16.1 Å². The number of anilines is 2. The first-order chi connectivity index (χ1) is 7.19. The van der Waals surface area contributed by atoms with E-state index in [-0.39, 0.29) is 0 Å². The van der Waals surface area contributed by atoms with Crippen LogP contribution in [-0.4, -0.2) is 18.6 Å². The first-order valence-electron chi connectivity index (χ1n) is 4.96. The lowest BCUT2D eigenvalue weighted by Gasteiger charge is -2.10. The van der Waals surface area contributed by atoms with Crippen LogP contribution >= 0.6 is 23.2 Å². The first kappa shape index (κ1) is 12.4. The second-order valence-corrected chi connectivity index (χ2v) is 3.99. The standard InChI is InChI=1S/C10H15Cl2N3/c1-3-4-5-14-10-8(12)6-7(11)9(13-2)15-10/h6H,3-5H2,1-2H3,(H2,13,14,15). The Balaban J connectivity index is 2.78. The number of hydrogen-bond acceptors (Lipinski definition) is 3. The van der Waals surface area contributed by atoms with Gasteiger partial charge in [0, 0.05) is 13.6 Å². The Kier molecular flexibility index (Phi) is 4.99. The molecule has 5 heteroatoms. The SMILES string of the molecule is CCCCNc1nc(NC)c(Cl)cc1Cl. The summed E-state index contributed by atoms with van der Waals surface area (Å²) in [5, 5.41) is 7.17. The summed E-state index contributed by atoms with van der Waals surface area (Å²) in [6.45, 7) is 3.01. The van der Waals surface area contributed by atoms with Crippen LogP contribution in [0.5, 0.6) is 0 Å². The molecule has 1 heterocycles. The Morgan fingerprint density at radius 2 is 1.93 bits per heavy atom. The molecule has 1 aromatic rings. The minimum absolute atomic E-state index is 0.531. The average molecular weight is 248 g/mol. The quantitative estimate of drug-likeness (QED) is 0.781. The van der Waals surface area contributed by atoms with Crippen LogP contribution in [0.25, 0.3) is 0 Å². The van der Waals surface area contributed by atoms with E-state index in [0.29, 0.717) is 21.7 Å². The van der Waals surface area contributed by atoms with E-state index in [2.05, 4.69) is 22.5 Å². The molecule has 0 aliphatic carbocycles. The van der Waals surface area contributed by atoms with Gasteiger partial charge in [0.25, 0.3) is 0 Å². The number of aromatic nitrogens is 1. The van der Waals surface area contributed by atoms with E-state index < -0.39 is 0 Å². The van der Waals surface area contributed by atoms with Crippen LogP contribution < -0.4 is 10.6 Å². The lowest BCUT2D eigenvalue weighted by Crippen LogP contribution is -2.05. The fraction of sp³-hybridized carbons (Fsp3) is 0.500. The van der Waals surface area contributed by atoms with Crippen molar-refractivity contribution in [1.82, 2.24) is 4.98 Å². The Morgan fingerprint density at radius 3 is 2.53 bits per heavy atom. The highest BCUT2D eigenvalue weighted by Gasteiger charge is 2.07. The summed E-state index contributed by atoms with van der Waals surface area (Å²) in [5.41, 5.74) is 0. The number of pyridine rings is 1. The molecule has 0 spiro atoms. The molecule has 0 aromatic carbocycles. The molecule has 0 atom stereocenters. The second kappa shape index (κ2) is 6.03. The lowest BCUT2D eigenvalue weighted by molar-refractivity contribution is 0.831. The third-order valence-electron chi connectivity index (χ3n) is 1.99. The summed E-state index contributed by atoms with van der Waals surface area (Å²) >= 11 is 11.9. The van der Waals surface area contributed by atoms with Crippen molar-refractivity contribution in [2.75, 3.05) is 24.2 Å². The maximum Gasteiger partial charge on any atom is 0.147 e. The monoisotopic (exact) mass is 247 g/mol. The van der Waals surface area contributed by atoms with Crippen LogP contribution in [0.3, 0.4) is 0 Å². The van der Waals surface area contributed by atoms with Gasteiger partial charge < -0.3 is 10.6 Å². The van der Waals surface area contributed by atoms with E-state index >= 15 is 0 Å². The van der Waals surface area contributed by atoms with Gasteiger partial charge in [0.15, 0.2) is 0 Å². The largest absolute Gasteiger partial charge is 0.372 e. The number of halogens is 2. The fourth-order valence-electron chi connectivity index (χ4n) is 1.15. The van der Waals surface area contributed by atoms with E-state index in [0.717, 1.165) is 19.4 Å². The summed E-state index contributed by atoms with van der Waals surface area (Å²) in [5.74, 6) is 1.32. The van der Waals surface area contributed by atoms with Crippen LogP contribution in [0.2, 0.25) is 10.0 Å². The molecule has 0 bridgehead atoms. The van der Waals surface area contributed by atoms with Gasteiger partial charge in [-0.1, -0.05) is 36.5 Å². The van der Waals surface area contributed by atoms with Crippen molar-refractivity contribution in [3.8, 4) is 0 Å². The van der Waals surface area contributed by atoms with Gasteiger partial charge in [0.2, 0.25) is 0 Å². The van der Waals surface area contributed by atoms with E-state index in [9.17, 15) is 0 Å². The van der Waals surface area contributed by atoms with E-state index in [1.165, 1.54) is 0 Å². The summed E-state index contributed by atoms with van der Waals surface area (Å²) < 4.78 is 0. The molecule has 2 N–H and O–H groups in total. The zero-order chi connectivity index (χ0) is 11.3. The summed E-state index contributed by atoms with van der Waals surface area (Å²) in [4.78, 5) is 4.28. The Hall–Kier alpha value is -0.670. The summed E-state index contributed by atoms with van der Waals surface area (Å²) in [6, 6.07) is 1.69. The predicted octanol–water partition coefficient (Wildman–Crippen LogP) is 3.64. The summed E-state index contributed by atoms with van der Waals surface area (Å²) in [6.07, 6.45) is 2.23. The Labute approximate surface area is 100 Å². The fourth-order valence-corrected chi connectivity index (χ4v) is 1.67. The third-order valence-corrected chi connectivity index (χ3v) is 2.57. The van der Waals surface area contributed by atoms with Gasteiger partial charge in [-0.15, -0.1) is 0 Å². The molecule has 1 rings (SSSR count). The molecule has 3 nitrogen and oxygen atoms in total. The zero-order valence-corrected chi connectivity index (χ0v) is 10.4. The topological polar surface area (TPSA) is 37.0 Å². The van der Waals surface area contributed by atoms with Crippen molar-refractivity contribution in [3.63, 3.8) is 0 Å². The summed E-state index contributed by atoms with van der Waals surface area (Å²) in [7, 11) is 1.78. The number of hydrogen-bond donors (Lipinski definition) is 2. The molecule has 0 saturated heterocycles. The van der Waals surface area contributed by atoms with E-state index in [4.69, 9.17) is 23.2 Å². The molecular formula is C10H15Cl2N3. The first-order valence-corrected chi connectivity index (χ1v) is 5.72. The molecule has 84 valence electrons. The zero-order valence-electron chi connectivity index (χ0n) is 8.90. The average Bonchev–Trinajstić information content (AvgIpc) is 2.21. The normalized spacial score (nSPS) is 10.1. The number of nitrogens with one attached hydrogen (secondary N) is 2. The van der Waals surface area contributed by atoms with Crippen LogP contribution in [0.15, 0.2) is 6.07 Å². The van der Waals surface area contributed by atoms with Crippen LogP contribution in [0, 0.1) is 0 Å². The van der Waals surface area contributed by atoms with Gasteiger partial charge in [0.1, 0.15) is 11.6 Å². The molecular weight excluding hydrogens is 233 g/mol. The smallest absolute Gasteiger partial charge is 0.147 e. The molecule has 0 unspecified atom stereocenters. The van der Waals surface area contributed by atoms with Crippen LogP contribution in [0.4, 0.5) is 11.6 Å². The van der Waals surface area contributed by atoms with E-state index in [1.807, 2.05) is 0 Å². The Morgan fingerprint density at radius 1 is 1.27 bits per heavy atom. The highest BCUT2D eigenvalue weighted by atomic mass is 35.5. The van der Waals surface area contributed by atoms with Gasteiger partial charge in [-0.2, -0.15) is 0 Å². The maximum absolute atomic E-state index is 6.00. The molecule has 0 saturated carbocycles. The molecule has 1 aromatic heterocycles. The number of unbranched alkanes of at least 4 members (excludes halogenated alkanes) is 1. The van der Waals surface area contributed by atoms with Crippen molar-refractivity contribution in [2.45, 2.75) is 19.8 Å². The maximum atomic E-state index is 6.00. The Bertz CT molecular complexity index is 329. The van der Waals surface area contributed by atoms with Crippen molar-refractivity contribution < 1.29 is 0 Å². The van der Waals surface area contributed by atoms with Crippen LogP contribution in [0.1, 0.15) is 19.8 Å². The van der Waals surface area contributed by atoms with E-state index in [1.54, 1.807) is 13.1 Å². The van der Waals surface area contributed by atoms with Gasteiger partial charge in [-0.3, -0.25) is 0 Å². The minimum Gasteiger partial charge on any atom is -0.372 e.